The minimum atomic E-state index is -1.49. The molecular formula is C14H19NO7. The number of amides is 1. The molecule has 1 heterocycles. The summed E-state index contributed by atoms with van der Waals surface area (Å²) in [5.41, 5.74) is 0.577. The molecule has 8 heteroatoms. The largest absolute Gasteiger partial charge is 0.462 e. The molecule has 1 saturated heterocycles. The van der Waals surface area contributed by atoms with E-state index >= 15 is 0 Å². The SMILES string of the molecule is CC(=O)Nc1ccc(O[C@H]2OC(CO)C(O)C(O)[C@@H]2O)cc1. The smallest absolute Gasteiger partial charge is 0.229 e. The Kier molecular flexibility index (Phi) is 5.33. The third-order valence-corrected chi connectivity index (χ3v) is 3.28. The van der Waals surface area contributed by atoms with E-state index in [1.807, 2.05) is 0 Å². The maximum atomic E-state index is 10.9. The second kappa shape index (κ2) is 7.03. The molecule has 8 nitrogen and oxygen atoms in total. The molecule has 1 aliphatic heterocycles. The average molecular weight is 313 g/mol. The van der Waals surface area contributed by atoms with Crippen LogP contribution in [0.15, 0.2) is 24.3 Å². The number of anilines is 1. The number of carbonyl (C=O) groups excluding carboxylic acids is 1. The van der Waals surface area contributed by atoms with E-state index in [0.29, 0.717) is 11.4 Å². The Morgan fingerprint density at radius 1 is 1.18 bits per heavy atom. The van der Waals surface area contributed by atoms with Gasteiger partial charge >= 0.3 is 0 Å². The fourth-order valence-electron chi connectivity index (χ4n) is 2.12. The summed E-state index contributed by atoms with van der Waals surface area (Å²) in [6.07, 6.45) is -6.64. The molecule has 0 aromatic heterocycles. The van der Waals surface area contributed by atoms with Gasteiger partial charge in [-0.1, -0.05) is 0 Å². The molecule has 1 aromatic carbocycles. The number of nitrogens with one attached hydrogen (secondary N) is 1. The van der Waals surface area contributed by atoms with Gasteiger partial charge in [-0.05, 0) is 24.3 Å². The quantitative estimate of drug-likeness (QED) is 0.473. The van der Waals surface area contributed by atoms with Crippen LogP contribution in [0.2, 0.25) is 0 Å². The van der Waals surface area contributed by atoms with E-state index in [2.05, 4.69) is 5.32 Å². The van der Waals surface area contributed by atoms with Crippen LogP contribution in [0, 0.1) is 0 Å². The van der Waals surface area contributed by atoms with Gasteiger partial charge in [0.05, 0.1) is 6.61 Å². The van der Waals surface area contributed by atoms with Crippen molar-refractivity contribution in [2.45, 2.75) is 37.6 Å². The summed E-state index contributed by atoms with van der Waals surface area (Å²) in [6.45, 7) is 0.866. The molecule has 3 unspecified atom stereocenters. The number of carbonyl (C=O) groups is 1. The Morgan fingerprint density at radius 2 is 1.82 bits per heavy atom. The summed E-state index contributed by atoms with van der Waals surface area (Å²) in [4.78, 5) is 10.9. The number of rotatable bonds is 4. The first-order chi connectivity index (χ1) is 10.4. The Balaban J connectivity index is 2.04. The Hall–Kier alpha value is -1.71. The van der Waals surface area contributed by atoms with Crippen molar-refractivity contribution in [1.82, 2.24) is 0 Å². The van der Waals surface area contributed by atoms with Gasteiger partial charge < -0.3 is 35.2 Å². The Labute approximate surface area is 126 Å². The molecule has 0 spiro atoms. The van der Waals surface area contributed by atoms with Gasteiger partial charge in [0.1, 0.15) is 30.2 Å². The predicted octanol–water partition coefficient (Wildman–Crippen LogP) is -1.18. The number of aliphatic hydroxyl groups is 4. The zero-order valence-electron chi connectivity index (χ0n) is 11.9. The van der Waals surface area contributed by atoms with Gasteiger partial charge in [0.2, 0.25) is 12.2 Å². The highest BCUT2D eigenvalue weighted by molar-refractivity contribution is 5.88. The van der Waals surface area contributed by atoms with E-state index < -0.39 is 37.3 Å². The molecule has 1 aromatic rings. The van der Waals surface area contributed by atoms with E-state index in [-0.39, 0.29) is 5.91 Å². The van der Waals surface area contributed by atoms with E-state index in [9.17, 15) is 20.1 Å². The monoisotopic (exact) mass is 313 g/mol. The van der Waals surface area contributed by atoms with Crippen molar-refractivity contribution < 1.29 is 34.7 Å². The van der Waals surface area contributed by atoms with Crippen LogP contribution in [0.25, 0.3) is 0 Å². The lowest BCUT2D eigenvalue weighted by Crippen LogP contribution is -2.60. The lowest BCUT2D eigenvalue weighted by atomic mass is 9.99. The second-order valence-corrected chi connectivity index (χ2v) is 5.02. The maximum absolute atomic E-state index is 10.9. The highest BCUT2D eigenvalue weighted by Crippen LogP contribution is 2.25. The number of aliphatic hydroxyl groups excluding tert-OH is 4. The van der Waals surface area contributed by atoms with Gasteiger partial charge in [0, 0.05) is 12.6 Å². The van der Waals surface area contributed by atoms with Gasteiger partial charge in [0.25, 0.3) is 0 Å². The lowest BCUT2D eigenvalue weighted by molar-refractivity contribution is -0.277. The van der Waals surface area contributed by atoms with Crippen LogP contribution in [0.1, 0.15) is 6.92 Å². The van der Waals surface area contributed by atoms with E-state index in [0.717, 1.165) is 0 Å². The standard InChI is InChI=1S/C14H19NO7/c1-7(17)15-8-2-4-9(5-3-8)21-14-13(20)12(19)11(18)10(6-16)22-14/h2-5,10-14,16,18-20H,6H2,1H3,(H,15,17)/t10?,11?,12?,13-,14-/m0/s1. The van der Waals surface area contributed by atoms with Crippen molar-refractivity contribution in [2.75, 3.05) is 11.9 Å². The summed E-state index contributed by atoms with van der Waals surface area (Å²) in [6, 6.07) is 6.29. The zero-order valence-corrected chi connectivity index (χ0v) is 11.9. The van der Waals surface area contributed by atoms with E-state index in [1.165, 1.54) is 6.92 Å². The van der Waals surface area contributed by atoms with Crippen LogP contribution in [-0.2, 0) is 9.53 Å². The number of ether oxygens (including phenoxy) is 2. The van der Waals surface area contributed by atoms with Crippen LogP contribution in [-0.4, -0.2) is 63.6 Å². The molecule has 22 heavy (non-hydrogen) atoms. The lowest BCUT2D eigenvalue weighted by Gasteiger charge is -2.39. The molecule has 2 rings (SSSR count). The second-order valence-electron chi connectivity index (χ2n) is 5.02. The number of benzene rings is 1. The number of hydrogen-bond donors (Lipinski definition) is 5. The van der Waals surface area contributed by atoms with Gasteiger partial charge in [-0.2, -0.15) is 0 Å². The number of hydrogen-bond acceptors (Lipinski definition) is 7. The molecule has 5 atom stereocenters. The highest BCUT2D eigenvalue weighted by atomic mass is 16.7. The average Bonchev–Trinajstić information content (AvgIpc) is 2.49. The summed E-state index contributed by atoms with van der Waals surface area (Å²) in [5.74, 6) is 0.126. The predicted molar refractivity (Wildman–Crippen MR) is 75.1 cm³/mol. The highest BCUT2D eigenvalue weighted by Gasteiger charge is 2.44. The van der Waals surface area contributed by atoms with Crippen molar-refractivity contribution in [3.63, 3.8) is 0 Å². The van der Waals surface area contributed by atoms with Gasteiger partial charge in [-0.15, -0.1) is 0 Å². The third kappa shape index (κ3) is 3.73. The van der Waals surface area contributed by atoms with Crippen molar-refractivity contribution in [1.29, 1.82) is 0 Å². The van der Waals surface area contributed by atoms with Crippen molar-refractivity contribution in [3.05, 3.63) is 24.3 Å². The first kappa shape index (κ1) is 16.7. The van der Waals surface area contributed by atoms with Crippen molar-refractivity contribution in [3.8, 4) is 5.75 Å². The molecular weight excluding hydrogens is 294 g/mol. The summed E-state index contributed by atoms with van der Waals surface area (Å²) in [5, 5.41) is 40.9. The summed E-state index contributed by atoms with van der Waals surface area (Å²) in [7, 11) is 0. The van der Waals surface area contributed by atoms with Crippen LogP contribution >= 0.6 is 0 Å². The van der Waals surface area contributed by atoms with Gasteiger partial charge in [-0.25, -0.2) is 0 Å². The minimum Gasteiger partial charge on any atom is -0.462 e. The molecule has 5 N–H and O–H groups in total. The molecule has 0 radical (unpaired) electrons. The summed E-state index contributed by atoms with van der Waals surface area (Å²) < 4.78 is 10.6. The fourth-order valence-corrected chi connectivity index (χ4v) is 2.12. The van der Waals surface area contributed by atoms with Crippen LogP contribution in [0.3, 0.4) is 0 Å². The molecule has 0 saturated carbocycles. The molecule has 1 aliphatic rings. The maximum Gasteiger partial charge on any atom is 0.229 e. The Bertz CT molecular complexity index is 504. The molecule has 0 bridgehead atoms. The fraction of sp³-hybridized carbons (Fsp3) is 0.500. The minimum absolute atomic E-state index is 0.206. The van der Waals surface area contributed by atoms with Crippen molar-refractivity contribution >= 4 is 11.6 Å². The van der Waals surface area contributed by atoms with E-state index in [4.69, 9.17) is 14.6 Å². The van der Waals surface area contributed by atoms with Gasteiger partial charge in [-0.3, -0.25) is 4.79 Å². The molecule has 0 aliphatic carbocycles. The first-order valence-corrected chi connectivity index (χ1v) is 6.77. The molecule has 1 fully saturated rings. The topological polar surface area (TPSA) is 128 Å². The van der Waals surface area contributed by atoms with Gasteiger partial charge in [0.15, 0.2) is 0 Å². The van der Waals surface area contributed by atoms with Crippen LogP contribution in [0.5, 0.6) is 5.75 Å². The molecule has 1 amide bonds. The molecule has 122 valence electrons. The Morgan fingerprint density at radius 3 is 2.36 bits per heavy atom. The van der Waals surface area contributed by atoms with Crippen LogP contribution < -0.4 is 10.1 Å². The van der Waals surface area contributed by atoms with Crippen LogP contribution in [0.4, 0.5) is 5.69 Å². The normalized spacial score (nSPS) is 31.6. The zero-order chi connectivity index (χ0) is 16.3. The first-order valence-electron chi connectivity index (χ1n) is 6.77. The van der Waals surface area contributed by atoms with E-state index in [1.54, 1.807) is 24.3 Å². The summed E-state index contributed by atoms with van der Waals surface area (Å²) >= 11 is 0. The van der Waals surface area contributed by atoms with Crippen molar-refractivity contribution in [2.24, 2.45) is 0 Å². The third-order valence-electron chi connectivity index (χ3n) is 3.28.